The summed E-state index contributed by atoms with van der Waals surface area (Å²) in [7, 11) is 2.61. The lowest BCUT2D eigenvalue weighted by Gasteiger charge is -2.08. The van der Waals surface area contributed by atoms with Gasteiger partial charge in [-0.05, 0) is 35.4 Å². The second kappa shape index (κ2) is 5.61. The number of benzene rings is 2. The third kappa shape index (κ3) is 2.56. The molecule has 20 heavy (non-hydrogen) atoms. The van der Waals surface area contributed by atoms with Gasteiger partial charge in [0.2, 0.25) is 0 Å². The second-order valence-corrected chi connectivity index (χ2v) is 4.07. The van der Waals surface area contributed by atoms with Gasteiger partial charge >= 0.3 is 5.97 Å². The SMILES string of the molecule is COC(=O)c1cc(-c2ccc(OC)c(F)c2)ccc1O. The van der Waals surface area contributed by atoms with E-state index < -0.39 is 11.8 Å². The Hall–Kier alpha value is -2.56. The van der Waals surface area contributed by atoms with E-state index in [0.717, 1.165) is 0 Å². The lowest BCUT2D eigenvalue weighted by Crippen LogP contribution is -2.01. The van der Waals surface area contributed by atoms with Gasteiger partial charge in [0.1, 0.15) is 11.3 Å². The molecule has 2 aromatic rings. The van der Waals surface area contributed by atoms with Crippen LogP contribution in [0.1, 0.15) is 10.4 Å². The number of hydrogen-bond donors (Lipinski definition) is 1. The molecular weight excluding hydrogens is 263 g/mol. The maximum Gasteiger partial charge on any atom is 0.341 e. The third-order valence-corrected chi connectivity index (χ3v) is 2.89. The highest BCUT2D eigenvalue weighted by Crippen LogP contribution is 2.29. The zero-order valence-corrected chi connectivity index (χ0v) is 11.0. The molecule has 0 unspecified atom stereocenters. The predicted octanol–water partition coefficient (Wildman–Crippen LogP) is 2.99. The van der Waals surface area contributed by atoms with Crippen molar-refractivity contribution in [1.29, 1.82) is 0 Å². The summed E-state index contributed by atoms with van der Waals surface area (Å²) in [6.07, 6.45) is 0. The van der Waals surface area contributed by atoms with Crippen molar-refractivity contribution in [3.05, 3.63) is 47.8 Å². The molecule has 4 nitrogen and oxygen atoms in total. The van der Waals surface area contributed by atoms with Crippen molar-refractivity contribution in [2.24, 2.45) is 0 Å². The van der Waals surface area contributed by atoms with E-state index in [0.29, 0.717) is 11.1 Å². The topological polar surface area (TPSA) is 55.8 Å². The summed E-state index contributed by atoms with van der Waals surface area (Å²) in [4.78, 5) is 11.5. The van der Waals surface area contributed by atoms with E-state index in [4.69, 9.17) is 4.74 Å². The summed E-state index contributed by atoms with van der Waals surface area (Å²) in [5.74, 6) is -1.20. The van der Waals surface area contributed by atoms with Crippen LogP contribution in [0.25, 0.3) is 11.1 Å². The summed E-state index contributed by atoms with van der Waals surface area (Å²) in [6, 6.07) is 8.85. The average Bonchev–Trinajstić information content (AvgIpc) is 2.47. The van der Waals surface area contributed by atoms with Gasteiger partial charge in [0.25, 0.3) is 0 Å². The van der Waals surface area contributed by atoms with Gasteiger partial charge < -0.3 is 14.6 Å². The van der Waals surface area contributed by atoms with E-state index >= 15 is 0 Å². The molecule has 0 saturated carbocycles. The number of carbonyl (C=O) groups is 1. The average molecular weight is 276 g/mol. The van der Waals surface area contributed by atoms with Gasteiger partial charge in [-0.1, -0.05) is 12.1 Å². The first-order valence-electron chi connectivity index (χ1n) is 5.82. The third-order valence-electron chi connectivity index (χ3n) is 2.89. The van der Waals surface area contributed by atoms with Crippen LogP contribution in [0, 0.1) is 5.82 Å². The van der Waals surface area contributed by atoms with Gasteiger partial charge in [-0.2, -0.15) is 0 Å². The van der Waals surface area contributed by atoms with Gasteiger partial charge in [0.15, 0.2) is 11.6 Å². The number of ether oxygens (including phenoxy) is 2. The van der Waals surface area contributed by atoms with Gasteiger partial charge in [-0.25, -0.2) is 9.18 Å². The Kier molecular flexibility index (Phi) is 3.89. The number of phenols is 1. The largest absolute Gasteiger partial charge is 0.507 e. The van der Waals surface area contributed by atoms with E-state index in [-0.39, 0.29) is 17.1 Å². The van der Waals surface area contributed by atoms with Crippen molar-refractivity contribution >= 4 is 5.97 Å². The van der Waals surface area contributed by atoms with Crippen molar-refractivity contribution in [2.45, 2.75) is 0 Å². The summed E-state index contributed by atoms with van der Waals surface area (Å²) in [5.41, 5.74) is 1.18. The predicted molar refractivity (Wildman–Crippen MR) is 71.4 cm³/mol. The molecule has 0 aromatic heterocycles. The number of rotatable bonds is 3. The monoisotopic (exact) mass is 276 g/mol. The van der Waals surface area contributed by atoms with Crippen molar-refractivity contribution < 1.29 is 23.8 Å². The summed E-state index contributed by atoms with van der Waals surface area (Å²) in [6.45, 7) is 0. The number of methoxy groups -OCH3 is 2. The fourth-order valence-corrected chi connectivity index (χ4v) is 1.84. The zero-order valence-electron chi connectivity index (χ0n) is 11.0. The molecule has 0 aliphatic heterocycles. The van der Waals surface area contributed by atoms with E-state index in [1.807, 2.05) is 0 Å². The first kappa shape index (κ1) is 13.9. The van der Waals surface area contributed by atoms with Crippen LogP contribution in [-0.2, 0) is 4.74 Å². The standard InChI is InChI=1S/C15H13FO4/c1-19-14-6-4-10(8-12(14)16)9-3-5-13(17)11(7-9)15(18)20-2/h3-8,17H,1-2H3. The van der Waals surface area contributed by atoms with E-state index in [9.17, 15) is 14.3 Å². The van der Waals surface area contributed by atoms with Crippen LogP contribution in [0.3, 0.4) is 0 Å². The Morgan fingerprint density at radius 3 is 2.35 bits per heavy atom. The van der Waals surface area contributed by atoms with Gasteiger partial charge in [-0.3, -0.25) is 0 Å². The molecule has 5 heteroatoms. The van der Waals surface area contributed by atoms with Crippen molar-refractivity contribution in [1.82, 2.24) is 0 Å². The molecule has 0 spiro atoms. The van der Waals surface area contributed by atoms with E-state index in [1.165, 1.54) is 38.5 Å². The molecule has 1 N–H and O–H groups in total. The Morgan fingerprint density at radius 1 is 1.10 bits per heavy atom. The molecule has 0 aliphatic rings. The van der Waals surface area contributed by atoms with Crippen molar-refractivity contribution in [3.63, 3.8) is 0 Å². The molecule has 0 saturated heterocycles. The maximum atomic E-state index is 13.7. The van der Waals surface area contributed by atoms with Crippen molar-refractivity contribution in [2.75, 3.05) is 14.2 Å². The number of aromatic hydroxyl groups is 1. The Labute approximate surface area is 115 Å². The molecule has 0 heterocycles. The summed E-state index contributed by atoms with van der Waals surface area (Å²) in [5, 5.41) is 9.63. The first-order chi connectivity index (χ1) is 9.56. The Balaban J connectivity index is 2.48. The molecule has 104 valence electrons. The molecule has 0 fully saturated rings. The highest BCUT2D eigenvalue weighted by Gasteiger charge is 2.13. The van der Waals surface area contributed by atoms with Crippen LogP contribution in [0.2, 0.25) is 0 Å². The fraction of sp³-hybridized carbons (Fsp3) is 0.133. The van der Waals surface area contributed by atoms with Gasteiger partial charge in [0, 0.05) is 0 Å². The van der Waals surface area contributed by atoms with Crippen LogP contribution in [0.4, 0.5) is 4.39 Å². The van der Waals surface area contributed by atoms with Crippen LogP contribution < -0.4 is 4.74 Å². The lowest BCUT2D eigenvalue weighted by atomic mass is 10.0. The number of carbonyl (C=O) groups excluding carboxylic acids is 1. The molecule has 0 aliphatic carbocycles. The maximum absolute atomic E-state index is 13.7. The van der Waals surface area contributed by atoms with Crippen LogP contribution in [0.15, 0.2) is 36.4 Å². The summed E-state index contributed by atoms with van der Waals surface area (Å²) < 4.78 is 23.1. The molecule has 0 amide bonds. The summed E-state index contributed by atoms with van der Waals surface area (Å²) >= 11 is 0. The number of hydrogen-bond acceptors (Lipinski definition) is 4. The highest BCUT2D eigenvalue weighted by molar-refractivity contribution is 5.94. The highest BCUT2D eigenvalue weighted by atomic mass is 19.1. The minimum Gasteiger partial charge on any atom is -0.507 e. The van der Waals surface area contributed by atoms with Gasteiger partial charge in [-0.15, -0.1) is 0 Å². The normalized spacial score (nSPS) is 10.2. The molecule has 0 radical (unpaired) electrons. The molecule has 2 aromatic carbocycles. The van der Waals surface area contributed by atoms with Crippen molar-refractivity contribution in [3.8, 4) is 22.6 Å². The van der Waals surface area contributed by atoms with Crippen LogP contribution in [-0.4, -0.2) is 25.3 Å². The Morgan fingerprint density at radius 2 is 1.75 bits per heavy atom. The minimum atomic E-state index is -0.654. The molecular formula is C15H13FO4. The lowest BCUT2D eigenvalue weighted by molar-refractivity contribution is 0.0597. The number of esters is 1. The Bertz CT molecular complexity index is 652. The molecule has 0 atom stereocenters. The number of halogens is 1. The van der Waals surface area contributed by atoms with E-state index in [1.54, 1.807) is 12.1 Å². The second-order valence-electron chi connectivity index (χ2n) is 4.07. The van der Waals surface area contributed by atoms with E-state index in [2.05, 4.69) is 4.74 Å². The fourth-order valence-electron chi connectivity index (χ4n) is 1.84. The number of phenolic OH excluding ortho intramolecular Hbond substituents is 1. The quantitative estimate of drug-likeness (QED) is 0.876. The van der Waals surface area contributed by atoms with Crippen LogP contribution in [0.5, 0.6) is 11.5 Å². The van der Waals surface area contributed by atoms with Crippen LogP contribution >= 0.6 is 0 Å². The smallest absolute Gasteiger partial charge is 0.341 e. The minimum absolute atomic E-state index is 0.0289. The zero-order chi connectivity index (χ0) is 14.7. The molecule has 2 rings (SSSR count). The first-order valence-corrected chi connectivity index (χ1v) is 5.82. The van der Waals surface area contributed by atoms with Gasteiger partial charge in [0.05, 0.1) is 14.2 Å². The molecule has 0 bridgehead atoms.